The molecule has 0 radical (unpaired) electrons. The molecule has 1 heterocycles. The lowest BCUT2D eigenvalue weighted by Gasteiger charge is -2.13. The molecule has 150 valence electrons. The molecule has 1 aromatic heterocycles. The van der Waals surface area contributed by atoms with E-state index in [0.717, 1.165) is 17.0 Å². The van der Waals surface area contributed by atoms with E-state index in [9.17, 15) is 13.2 Å². The minimum absolute atomic E-state index is 0.0308. The van der Waals surface area contributed by atoms with Crippen LogP contribution in [0.15, 0.2) is 30.3 Å². The van der Waals surface area contributed by atoms with E-state index < -0.39 is 17.8 Å². The van der Waals surface area contributed by atoms with Gasteiger partial charge in [-0.15, -0.1) is 0 Å². The minimum atomic E-state index is -2.85. The number of alkyl halides is 2. The highest BCUT2D eigenvalue weighted by Gasteiger charge is 2.16. The Bertz CT molecular complexity index is 961. The first-order valence-electron chi connectivity index (χ1n) is 9.03. The molecule has 1 N–H and O–H groups in total. The number of nitrogens with one attached hydrogen (secondary N) is 1. The van der Waals surface area contributed by atoms with Gasteiger partial charge in [0.05, 0.1) is 18.2 Å². The van der Waals surface area contributed by atoms with Crippen molar-refractivity contribution in [3.8, 4) is 5.75 Å². The maximum atomic E-state index is 14.2. The van der Waals surface area contributed by atoms with Gasteiger partial charge in [-0.05, 0) is 25.5 Å². The molecule has 0 fully saturated rings. The normalized spacial score (nSPS) is 10.6. The summed E-state index contributed by atoms with van der Waals surface area (Å²) in [6.45, 7) is 7.67. The van der Waals surface area contributed by atoms with Gasteiger partial charge in [0.2, 0.25) is 0 Å². The fraction of sp³-hybridized carbons (Fsp3) is 0.333. The van der Waals surface area contributed by atoms with E-state index >= 15 is 0 Å². The third kappa shape index (κ3) is 4.52. The Kier molecular flexibility index (Phi) is 7.20. The molecule has 0 aliphatic heterocycles. The second kappa shape index (κ2) is 9.39. The Labute approximate surface area is 162 Å². The average molecular weight is 391 g/mol. The van der Waals surface area contributed by atoms with Crippen LogP contribution in [0, 0.1) is 19.7 Å². The molecule has 0 aliphatic carbocycles. The lowest BCUT2D eigenvalue weighted by Crippen LogP contribution is -2.07. The van der Waals surface area contributed by atoms with E-state index in [4.69, 9.17) is 4.74 Å². The van der Waals surface area contributed by atoms with Crippen molar-refractivity contribution >= 4 is 16.7 Å². The van der Waals surface area contributed by atoms with Gasteiger partial charge in [-0.2, -0.15) is 0 Å². The Hall–Kier alpha value is -2.83. The van der Waals surface area contributed by atoms with Gasteiger partial charge in [-0.1, -0.05) is 32.0 Å². The fourth-order valence-electron chi connectivity index (χ4n) is 2.82. The summed E-state index contributed by atoms with van der Waals surface area (Å²) in [6.07, 6.45) is -2.85. The Morgan fingerprint density at radius 1 is 1.11 bits per heavy atom. The largest absolute Gasteiger partial charge is 0.496 e. The lowest BCUT2D eigenvalue weighted by molar-refractivity contribution is 0.146. The van der Waals surface area contributed by atoms with Gasteiger partial charge in [-0.3, -0.25) is 0 Å². The van der Waals surface area contributed by atoms with E-state index in [1.807, 2.05) is 32.9 Å². The third-order valence-electron chi connectivity index (χ3n) is 4.11. The van der Waals surface area contributed by atoms with Gasteiger partial charge in [0, 0.05) is 23.6 Å². The van der Waals surface area contributed by atoms with Crippen LogP contribution in [0.3, 0.4) is 0 Å². The first-order chi connectivity index (χ1) is 13.4. The average Bonchev–Trinajstić information content (AvgIpc) is 2.68. The number of aromatic nitrogens is 2. The fourth-order valence-corrected chi connectivity index (χ4v) is 2.82. The number of hydrogen-bond acceptors (Lipinski definition) is 4. The Balaban J connectivity index is 0.00000136. The molecule has 0 unspecified atom stereocenters. The number of rotatable bonds is 5. The van der Waals surface area contributed by atoms with E-state index in [-0.39, 0.29) is 12.1 Å². The van der Waals surface area contributed by atoms with Crippen molar-refractivity contribution in [1.82, 2.24) is 9.97 Å². The second-order valence-corrected chi connectivity index (χ2v) is 5.93. The number of benzene rings is 2. The number of methoxy groups -OCH3 is 1. The van der Waals surface area contributed by atoms with Crippen LogP contribution in [-0.2, 0) is 6.54 Å². The molecular formula is C21H24F3N3O. The predicted molar refractivity (Wildman–Crippen MR) is 106 cm³/mol. The molecule has 0 spiro atoms. The molecule has 3 aromatic rings. The number of aryl methyl sites for hydroxylation is 2. The standard InChI is InChI=1S/C19H18F3N3O.C2H6/c1-10-7-14-15(8-16(10)26-3)24-11(2)25-19(14)23-9-12-5-4-6-13(17(12)20)18(21)22;1-2/h4-8,18H,9H2,1-3H3,(H,23,24,25);1-2H3. The van der Waals surface area contributed by atoms with Gasteiger partial charge in [0.25, 0.3) is 6.43 Å². The number of fused-ring (bicyclic) bond motifs is 1. The van der Waals surface area contributed by atoms with Crippen molar-refractivity contribution in [3.05, 3.63) is 58.7 Å². The quantitative estimate of drug-likeness (QED) is 0.582. The molecule has 2 aromatic carbocycles. The summed E-state index contributed by atoms with van der Waals surface area (Å²) in [5.74, 6) is 0.855. The second-order valence-electron chi connectivity index (χ2n) is 5.93. The molecule has 0 saturated heterocycles. The monoisotopic (exact) mass is 391 g/mol. The van der Waals surface area contributed by atoms with Crippen molar-refractivity contribution in [3.63, 3.8) is 0 Å². The summed E-state index contributed by atoms with van der Waals surface area (Å²) in [5, 5.41) is 3.79. The Morgan fingerprint density at radius 2 is 1.82 bits per heavy atom. The Morgan fingerprint density at radius 3 is 2.46 bits per heavy atom. The third-order valence-corrected chi connectivity index (χ3v) is 4.11. The van der Waals surface area contributed by atoms with Gasteiger partial charge in [-0.25, -0.2) is 23.1 Å². The van der Waals surface area contributed by atoms with Crippen molar-refractivity contribution in [2.24, 2.45) is 0 Å². The minimum Gasteiger partial charge on any atom is -0.496 e. The van der Waals surface area contributed by atoms with Gasteiger partial charge in [0.1, 0.15) is 23.2 Å². The smallest absolute Gasteiger partial charge is 0.266 e. The highest BCUT2D eigenvalue weighted by Crippen LogP contribution is 2.29. The van der Waals surface area contributed by atoms with Gasteiger partial charge < -0.3 is 10.1 Å². The van der Waals surface area contributed by atoms with Crippen molar-refractivity contribution in [2.75, 3.05) is 12.4 Å². The van der Waals surface area contributed by atoms with E-state index in [1.54, 1.807) is 14.0 Å². The summed E-state index contributed by atoms with van der Waals surface area (Å²) in [4.78, 5) is 8.76. The molecule has 7 heteroatoms. The van der Waals surface area contributed by atoms with E-state index in [1.165, 1.54) is 12.1 Å². The molecule has 0 aliphatic rings. The first kappa shape index (κ1) is 21.5. The van der Waals surface area contributed by atoms with E-state index in [0.29, 0.717) is 22.9 Å². The highest BCUT2D eigenvalue weighted by molar-refractivity contribution is 5.91. The summed E-state index contributed by atoms with van der Waals surface area (Å²) < 4.78 is 45.2. The summed E-state index contributed by atoms with van der Waals surface area (Å²) in [7, 11) is 1.58. The van der Waals surface area contributed by atoms with Gasteiger partial charge in [0.15, 0.2) is 0 Å². The number of halogens is 3. The number of hydrogen-bond donors (Lipinski definition) is 1. The van der Waals surface area contributed by atoms with Crippen LogP contribution in [0.1, 0.15) is 42.8 Å². The first-order valence-corrected chi connectivity index (χ1v) is 9.03. The zero-order chi connectivity index (χ0) is 20.8. The van der Waals surface area contributed by atoms with Crippen LogP contribution in [0.2, 0.25) is 0 Å². The lowest BCUT2D eigenvalue weighted by atomic mass is 10.1. The SMILES string of the molecule is CC.COc1cc2nc(C)nc(NCc3cccc(C(F)F)c3F)c2cc1C. The molecule has 0 bridgehead atoms. The molecule has 4 nitrogen and oxygen atoms in total. The number of ether oxygens (including phenoxy) is 1. The van der Waals surface area contributed by atoms with Crippen LogP contribution in [-0.4, -0.2) is 17.1 Å². The van der Waals surface area contributed by atoms with Gasteiger partial charge >= 0.3 is 0 Å². The highest BCUT2D eigenvalue weighted by atomic mass is 19.3. The van der Waals surface area contributed by atoms with E-state index in [2.05, 4.69) is 15.3 Å². The number of nitrogens with zero attached hydrogens (tertiary/aromatic N) is 2. The van der Waals surface area contributed by atoms with Crippen LogP contribution >= 0.6 is 0 Å². The van der Waals surface area contributed by atoms with Crippen LogP contribution in [0.25, 0.3) is 10.9 Å². The molecule has 3 rings (SSSR count). The molecule has 28 heavy (non-hydrogen) atoms. The van der Waals surface area contributed by atoms with Crippen LogP contribution in [0.4, 0.5) is 19.0 Å². The topological polar surface area (TPSA) is 47.0 Å². The molecule has 0 atom stereocenters. The molecular weight excluding hydrogens is 367 g/mol. The van der Waals surface area contributed by atoms with Crippen molar-refractivity contribution in [1.29, 1.82) is 0 Å². The van der Waals surface area contributed by atoms with Crippen LogP contribution < -0.4 is 10.1 Å². The summed E-state index contributed by atoms with van der Waals surface area (Å²) >= 11 is 0. The molecule has 0 amide bonds. The maximum Gasteiger partial charge on any atom is 0.266 e. The number of anilines is 1. The zero-order valence-electron chi connectivity index (χ0n) is 16.6. The summed E-state index contributed by atoms with van der Waals surface area (Å²) in [6, 6.07) is 7.66. The summed E-state index contributed by atoms with van der Waals surface area (Å²) in [5.41, 5.74) is 1.14. The predicted octanol–water partition coefficient (Wildman–Crippen LogP) is 5.97. The zero-order valence-corrected chi connectivity index (χ0v) is 16.6. The van der Waals surface area contributed by atoms with Crippen molar-refractivity contribution in [2.45, 2.75) is 40.7 Å². The molecule has 0 saturated carbocycles. The maximum absolute atomic E-state index is 14.2. The van der Waals surface area contributed by atoms with Crippen molar-refractivity contribution < 1.29 is 17.9 Å². The van der Waals surface area contributed by atoms with Crippen LogP contribution in [0.5, 0.6) is 5.75 Å².